The van der Waals surface area contributed by atoms with Crippen molar-refractivity contribution in [2.75, 3.05) is 0 Å². The van der Waals surface area contributed by atoms with Crippen molar-refractivity contribution in [3.05, 3.63) is 63.8 Å². The van der Waals surface area contributed by atoms with Gasteiger partial charge in [-0.25, -0.2) is 8.42 Å². The molecule has 6 nitrogen and oxygen atoms in total. The summed E-state index contributed by atoms with van der Waals surface area (Å²) < 4.78 is 30.0. The van der Waals surface area contributed by atoms with Gasteiger partial charge in [-0.1, -0.05) is 29.3 Å². The molecule has 0 aliphatic heterocycles. The van der Waals surface area contributed by atoms with Gasteiger partial charge in [-0.2, -0.15) is 0 Å². The van der Waals surface area contributed by atoms with Gasteiger partial charge in [0.05, 0.1) is 4.90 Å². The lowest BCUT2D eigenvalue weighted by molar-refractivity contribution is 0.0919. The summed E-state index contributed by atoms with van der Waals surface area (Å²) in [6, 6.07) is 10.8. The van der Waals surface area contributed by atoms with E-state index in [1.807, 2.05) is 4.83 Å². The fourth-order valence-corrected chi connectivity index (χ4v) is 3.75. The number of benzene rings is 2. The van der Waals surface area contributed by atoms with Crippen molar-refractivity contribution < 1.29 is 17.6 Å². The maximum absolute atomic E-state index is 12.3. The number of amides is 1. The van der Waals surface area contributed by atoms with Gasteiger partial charge in [0, 0.05) is 15.4 Å². The van der Waals surface area contributed by atoms with Crippen molar-refractivity contribution in [1.29, 1.82) is 0 Å². The van der Waals surface area contributed by atoms with E-state index in [1.165, 1.54) is 18.2 Å². The van der Waals surface area contributed by atoms with Crippen LogP contribution in [0.5, 0.6) is 0 Å². The van der Waals surface area contributed by atoms with Gasteiger partial charge in [-0.15, -0.1) is 4.83 Å². The SMILES string of the molecule is Cc1c(Cl)cccc1S(=O)(=O)NNC(=O)c1cc2cc(Cl)ccc2o1. The predicted octanol–water partition coefficient (Wildman–Crippen LogP) is 3.67. The second kappa shape index (κ2) is 6.68. The standard InChI is InChI=1S/C16H12Cl2N2O4S/c1-9-12(18)3-2-4-15(9)25(22,23)20-19-16(21)14-8-10-7-11(17)5-6-13(10)24-14/h2-8,20H,1H3,(H,19,21). The molecular formula is C16H12Cl2N2O4S. The van der Waals surface area contributed by atoms with Crippen LogP contribution in [-0.2, 0) is 10.0 Å². The molecule has 1 amide bonds. The number of nitrogens with one attached hydrogen (secondary N) is 2. The molecule has 0 bridgehead atoms. The third-order valence-corrected chi connectivity index (χ3v) is 5.55. The fourth-order valence-electron chi connectivity index (χ4n) is 2.24. The summed E-state index contributed by atoms with van der Waals surface area (Å²) in [5, 5.41) is 1.44. The van der Waals surface area contributed by atoms with E-state index in [2.05, 4.69) is 5.43 Å². The maximum atomic E-state index is 12.3. The van der Waals surface area contributed by atoms with Crippen molar-refractivity contribution >= 4 is 50.1 Å². The summed E-state index contributed by atoms with van der Waals surface area (Å²) in [6.07, 6.45) is 0. The van der Waals surface area contributed by atoms with Crippen molar-refractivity contribution in [3.63, 3.8) is 0 Å². The molecule has 0 fully saturated rings. The Morgan fingerprint density at radius 3 is 2.64 bits per heavy atom. The summed E-state index contributed by atoms with van der Waals surface area (Å²) in [7, 11) is -3.98. The fraction of sp³-hybridized carbons (Fsp3) is 0.0625. The molecule has 130 valence electrons. The zero-order valence-corrected chi connectivity index (χ0v) is 15.2. The lowest BCUT2D eigenvalue weighted by Crippen LogP contribution is -2.41. The van der Waals surface area contributed by atoms with Gasteiger partial charge in [-0.3, -0.25) is 10.2 Å². The van der Waals surface area contributed by atoms with Gasteiger partial charge in [0.25, 0.3) is 10.0 Å². The third kappa shape index (κ3) is 3.64. The zero-order valence-electron chi connectivity index (χ0n) is 12.8. The summed E-state index contributed by atoms with van der Waals surface area (Å²) in [5.41, 5.74) is 2.95. The molecule has 1 heterocycles. The highest BCUT2D eigenvalue weighted by atomic mass is 35.5. The average Bonchev–Trinajstić information content (AvgIpc) is 2.98. The Morgan fingerprint density at radius 1 is 1.12 bits per heavy atom. The molecule has 2 aromatic carbocycles. The van der Waals surface area contributed by atoms with Gasteiger partial charge in [0.15, 0.2) is 5.76 Å². The molecule has 0 aliphatic rings. The Hall–Kier alpha value is -2.06. The van der Waals surface area contributed by atoms with Gasteiger partial charge in [0.2, 0.25) is 0 Å². The second-order valence-corrected chi connectivity index (χ2v) is 7.71. The van der Waals surface area contributed by atoms with Crippen LogP contribution in [0.2, 0.25) is 10.0 Å². The molecule has 2 N–H and O–H groups in total. The van der Waals surface area contributed by atoms with E-state index in [1.54, 1.807) is 31.2 Å². The maximum Gasteiger partial charge on any atom is 0.301 e. The molecular weight excluding hydrogens is 387 g/mol. The van der Waals surface area contributed by atoms with E-state index in [-0.39, 0.29) is 10.7 Å². The Balaban J connectivity index is 1.79. The first kappa shape index (κ1) is 17.8. The number of halogens is 2. The number of sulfonamides is 1. The molecule has 0 atom stereocenters. The van der Waals surface area contributed by atoms with Crippen molar-refractivity contribution in [2.24, 2.45) is 0 Å². The van der Waals surface area contributed by atoms with Gasteiger partial charge in [0.1, 0.15) is 5.58 Å². The number of hydrogen-bond donors (Lipinski definition) is 2. The van der Waals surface area contributed by atoms with Crippen molar-refractivity contribution in [2.45, 2.75) is 11.8 Å². The number of carbonyl (C=O) groups is 1. The van der Waals surface area contributed by atoms with Crippen LogP contribution in [0, 0.1) is 6.92 Å². The van der Waals surface area contributed by atoms with Crippen LogP contribution < -0.4 is 10.3 Å². The molecule has 0 aliphatic carbocycles. The largest absolute Gasteiger partial charge is 0.451 e. The molecule has 25 heavy (non-hydrogen) atoms. The molecule has 1 aromatic heterocycles. The Kier molecular flexibility index (Phi) is 4.75. The number of hydrazine groups is 1. The number of fused-ring (bicyclic) bond motifs is 1. The van der Waals surface area contributed by atoms with Gasteiger partial charge >= 0.3 is 5.91 Å². The van der Waals surface area contributed by atoms with Crippen LogP contribution in [0.25, 0.3) is 11.0 Å². The molecule has 3 aromatic rings. The minimum absolute atomic E-state index is 0.0308. The molecule has 0 unspecified atom stereocenters. The highest BCUT2D eigenvalue weighted by Gasteiger charge is 2.20. The lowest BCUT2D eigenvalue weighted by Gasteiger charge is -2.10. The summed E-state index contributed by atoms with van der Waals surface area (Å²) in [5.74, 6) is -0.793. The molecule has 0 saturated heterocycles. The van der Waals surface area contributed by atoms with Crippen LogP contribution in [-0.4, -0.2) is 14.3 Å². The topological polar surface area (TPSA) is 88.4 Å². The quantitative estimate of drug-likeness (QED) is 0.656. The van der Waals surface area contributed by atoms with Gasteiger partial charge in [-0.05, 0) is 48.9 Å². The number of furan rings is 1. The van der Waals surface area contributed by atoms with E-state index in [4.69, 9.17) is 27.6 Å². The average molecular weight is 399 g/mol. The van der Waals surface area contributed by atoms with E-state index < -0.39 is 15.9 Å². The van der Waals surface area contributed by atoms with Crippen molar-refractivity contribution in [3.8, 4) is 0 Å². The first-order valence-corrected chi connectivity index (χ1v) is 9.28. The summed E-state index contributed by atoms with van der Waals surface area (Å²) in [4.78, 5) is 14.1. The number of carbonyl (C=O) groups excluding carboxylic acids is 1. The van der Waals surface area contributed by atoms with Crippen molar-refractivity contribution in [1.82, 2.24) is 10.3 Å². The number of rotatable bonds is 4. The molecule has 0 spiro atoms. The van der Waals surface area contributed by atoms with Gasteiger partial charge < -0.3 is 4.42 Å². The van der Waals surface area contributed by atoms with E-state index in [0.29, 0.717) is 26.6 Å². The normalized spacial score (nSPS) is 11.6. The van der Waals surface area contributed by atoms with Crippen LogP contribution in [0.4, 0.5) is 0 Å². The Bertz CT molecular complexity index is 1080. The van der Waals surface area contributed by atoms with Crippen LogP contribution >= 0.6 is 23.2 Å². The predicted molar refractivity (Wildman–Crippen MR) is 95.2 cm³/mol. The highest BCUT2D eigenvalue weighted by molar-refractivity contribution is 7.89. The van der Waals surface area contributed by atoms with Crippen LogP contribution in [0.3, 0.4) is 0 Å². The first-order valence-electron chi connectivity index (χ1n) is 7.04. The molecule has 3 rings (SSSR count). The lowest BCUT2D eigenvalue weighted by atomic mass is 10.2. The summed E-state index contributed by atoms with van der Waals surface area (Å²) in [6.45, 7) is 1.57. The van der Waals surface area contributed by atoms with Crippen LogP contribution in [0.1, 0.15) is 16.1 Å². The van der Waals surface area contributed by atoms with E-state index in [0.717, 1.165) is 0 Å². The minimum atomic E-state index is -3.98. The molecule has 0 radical (unpaired) electrons. The highest BCUT2D eigenvalue weighted by Crippen LogP contribution is 2.24. The second-order valence-electron chi connectivity index (χ2n) is 5.22. The van der Waals surface area contributed by atoms with E-state index >= 15 is 0 Å². The van der Waals surface area contributed by atoms with Crippen LogP contribution in [0.15, 0.2) is 51.8 Å². The Morgan fingerprint density at radius 2 is 1.88 bits per heavy atom. The number of hydrogen-bond acceptors (Lipinski definition) is 4. The first-order chi connectivity index (χ1) is 11.8. The Labute approximate surface area is 153 Å². The summed E-state index contributed by atoms with van der Waals surface area (Å²) >= 11 is 11.8. The molecule has 9 heteroatoms. The monoisotopic (exact) mass is 398 g/mol. The third-order valence-electron chi connectivity index (χ3n) is 3.51. The zero-order chi connectivity index (χ0) is 18.2. The smallest absolute Gasteiger partial charge is 0.301 e. The minimum Gasteiger partial charge on any atom is -0.451 e. The van der Waals surface area contributed by atoms with E-state index in [9.17, 15) is 13.2 Å². The molecule has 0 saturated carbocycles.